The van der Waals surface area contributed by atoms with E-state index in [-0.39, 0.29) is 16.7 Å². The van der Waals surface area contributed by atoms with Crippen molar-refractivity contribution in [2.45, 2.75) is 24.7 Å². The van der Waals surface area contributed by atoms with Crippen LogP contribution in [0.4, 0.5) is 11.4 Å². The van der Waals surface area contributed by atoms with Crippen LogP contribution in [-0.2, 0) is 14.8 Å². The number of sulfonamides is 1. The number of fused-ring (bicyclic) bond motifs is 1. The molecule has 0 bridgehead atoms. The van der Waals surface area contributed by atoms with Gasteiger partial charge in [0.1, 0.15) is 16.5 Å². The van der Waals surface area contributed by atoms with E-state index >= 15 is 0 Å². The molecule has 1 saturated heterocycles. The highest BCUT2D eigenvalue weighted by Gasteiger charge is 2.27. The number of hydrogen-bond acceptors (Lipinski definition) is 6. The molecule has 0 saturated carbocycles. The SMILES string of the molecule is COc1cccc(N2CCN(C(=O)CC(C)CC3=NS(=O)(=O)c4ccccc4N3)CC2)c1. The molecule has 1 unspecified atom stereocenters. The van der Waals surface area contributed by atoms with Crippen molar-refractivity contribution in [3.05, 3.63) is 48.5 Å². The number of rotatable bonds is 6. The van der Waals surface area contributed by atoms with E-state index in [4.69, 9.17) is 4.74 Å². The lowest BCUT2D eigenvalue weighted by molar-refractivity contribution is -0.132. The maximum atomic E-state index is 12.8. The van der Waals surface area contributed by atoms with Gasteiger partial charge in [0, 0.05) is 50.8 Å². The third-order valence-corrected chi connectivity index (χ3v) is 7.16. The zero-order chi connectivity index (χ0) is 22.7. The van der Waals surface area contributed by atoms with E-state index in [1.54, 1.807) is 25.3 Å². The first-order chi connectivity index (χ1) is 15.4. The second-order valence-electron chi connectivity index (χ2n) is 8.22. The zero-order valence-electron chi connectivity index (χ0n) is 18.3. The Hall–Kier alpha value is -3.07. The number of benzene rings is 2. The Balaban J connectivity index is 1.31. The third-order valence-electron chi connectivity index (χ3n) is 5.79. The van der Waals surface area contributed by atoms with Crippen molar-refractivity contribution in [2.24, 2.45) is 10.3 Å². The number of amidine groups is 1. The average Bonchev–Trinajstić information content (AvgIpc) is 2.78. The standard InChI is InChI=1S/C23H28N4O4S/c1-17(14-22-24-20-8-3-4-9-21(20)32(29,30)25-22)15-23(28)27-12-10-26(11-13-27)18-6-5-7-19(16-18)31-2/h3-9,16-17H,10-15H2,1-2H3,(H,24,25). The summed E-state index contributed by atoms with van der Waals surface area (Å²) in [5.41, 5.74) is 1.62. The fourth-order valence-corrected chi connectivity index (χ4v) is 5.26. The largest absolute Gasteiger partial charge is 0.497 e. The van der Waals surface area contributed by atoms with E-state index in [9.17, 15) is 13.2 Å². The van der Waals surface area contributed by atoms with Crippen molar-refractivity contribution in [1.82, 2.24) is 4.90 Å². The first kappa shape index (κ1) is 22.1. The first-order valence-corrected chi connectivity index (χ1v) is 12.2. The molecule has 1 amide bonds. The summed E-state index contributed by atoms with van der Waals surface area (Å²) in [6.45, 7) is 4.78. The van der Waals surface area contributed by atoms with Crippen molar-refractivity contribution < 1.29 is 17.9 Å². The van der Waals surface area contributed by atoms with Crippen LogP contribution >= 0.6 is 0 Å². The molecular formula is C23H28N4O4S. The minimum absolute atomic E-state index is 0.0365. The molecule has 1 N–H and O–H groups in total. The van der Waals surface area contributed by atoms with Gasteiger partial charge in [0.2, 0.25) is 5.91 Å². The molecule has 2 aromatic carbocycles. The number of ether oxygens (including phenoxy) is 1. The highest BCUT2D eigenvalue weighted by molar-refractivity contribution is 7.90. The highest BCUT2D eigenvalue weighted by Crippen LogP contribution is 2.28. The third kappa shape index (κ3) is 4.88. The minimum Gasteiger partial charge on any atom is -0.497 e. The van der Waals surface area contributed by atoms with Gasteiger partial charge in [0.25, 0.3) is 10.0 Å². The second-order valence-corrected chi connectivity index (χ2v) is 9.79. The molecule has 2 aliphatic heterocycles. The van der Waals surface area contributed by atoms with Crippen molar-refractivity contribution in [1.29, 1.82) is 0 Å². The van der Waals surface area contributed by atoms with E-state index in [1.165, 1.54) is 6.07 Å². The average molecular weight is 457 g/mol. The molecule has 0 aliphatic carbocycles. The van der Waals surface area contributed by atoms with Crippen LogP contribution in [-0.4, -0.2) is 58.3 Å². The Morgan fingerprint density at radius 3 is 2.62 bits per heavy atom. The van der Waals surface area contributed by atoms with Crippen molar-refractivity contribution in [3.63, 3.8) is 0 Å². The van der Waals surface area contributed by atoms with Gasteiger partial charge in [0.15, 0.2) is 0 Å². The van der Waals surface area contributed by atoms with E-state index in [0.29, 0.717) is 37.5 Å². The fourth-order valence-electron chi connectivity index (χ4n) is 4.11. The van der Waals surface area contributed by atoms with Crippen LogP contribution in [0.15, 0.2) is 57.8 Å². The Morgan fingerprint density at radius 2 is 1.88 bits per heavy atom. The van der Waals surface area contributed by atoms with E-state index in [2.05, 4.69) is 14.6 Å². The molecule has 0 aromatic heterocycles. The first-order valence-electron chi connectivity index (χ1n) is 10.7. The lowest BCUT2D eigenvalue weighted by Crippen LogP contribution is -2.49. The lowest BCUT2D eigenvalue weighted by atomic mass is 10.0. The minimum atomic E-state index is -3.71. The van der Waals surface area contributed by atoms with Crippen LogP contribution in [0.2, 0.25) is 0 Å². The molecule has 1 atom stereocenters. The Morgan fingerprint density at radius 1 is 1.12 bits per heavy atom. The van der Waals surface area contributed by atoms with Gasteiger partial charge in [-0.3, -0.25) is 4.79 Å². The molecule has 9 heteroatoms. The summed E-state index contributed by atoms with van der Waals surface area (Å²) >= 11 is 0. The van der Waals surface area contributed by atoms with E-state index < -0.39 is 10.0 Å². The number of nitrogens with one attached hydrogen (secondary N) is 1. The summed E-state index contributed by atoms with van der Waals surface area (Å²) in [6, 6.07) is 14.6. The Bertz CT molecular complexity index is 1120. The smallest absolute Gasteiger partial charge is 0.286 e. The predicted octanol–water partition coefficient (Wildman–Crippen LogP) is 2.97. The number of methoxy groups -OCH3 is 1. The molecule has 0 spiro atoms. The number of para-hydroxylation sites is 1. The second kappa shape index (κ2) is 9.20. The number of amides is 1. The number of carbonyl (C=O) groups is 1. The molecule has 2 aromatic rings. The van der Waals surface area contributed by atoms with Crippen LogP contribution in [0.5, 0.6) is 5.75 Å². The summed E-state index contributed by atoms with van der Waals surface area (Å²) in [4.78, 5) is 17.1. The Kier molecular flexibility index (Phi) is 6.36. The summed E-state index contributed by atoms with van der Waals surface area (Å²) in [6.07, 6.45) is 0.741. The lowest BCUT2D eigenvalue weighted by Gasteiger charge is -2.36. The zero-order valence-corrected chi connectivity index (χ0v) is 19.1. The van der Waals surface area contributed by atoms with Crippen molar-refractivity contribution >= 4 is 33.1 Å². The van der Waals surface area contributed by atoms with Gasteiger partial charge >= 0.3 is 0 Å². The topological polar surface area (TPSA) is 91.3 Å². The Labute approximate surface area is 188 Å². The van der Waals surface area contributed by atoms with Crippen molar-refractivity contribution in [2.75, 3.05) is 43.5 Å². The molecule has 1 fully saturated rings. The number of piperazine rings is 1. The van der Waals surface area contributed by atoms with Crippen LogP contribution in [0.25, 0.3) is 0 Å². The van der Waals surface area contributed by atoms with Crippen LogP contribution in [0.1, 0.15) is 19.8 Å². The molecule has 170 valence electrons. The number of nitrogens with zero attached hydrogens (tertiary/aromatic N) is 3. The maximum absolute atomic E-state index is 12.8. The molecular weight excluding hydrogens is 428 g/mol. The maximum Gasteiger partial charge on any atom is 0.286 e. The van der Waals surface area contributed by atoms with E-state index in [1.807, 2.05) is 36.1 Å². The van der Waals surface area contributed by atoms with Gasteiger partial charge in [-0.15, -0.1) is 4.40 Å². The quantitative estimate of drug-likeness (QED) is 0.719. The van der Waals surface area contributed by atoms with Gasteiger partial charge in [-0.1, -0.05) is 25.1 Å². The van der Waals surface area contributed by atoms with Gasteiger partial charge in [-0.2, -0.15) is 8.42 Å². The van der Waals surface area contributed by atoms with Gasteiger partial charge in [-0.05, 0) is 30.2 Å². The summed E-state index contributed by atoms with van der Waals surface area (Å²) in [7, 11) is -2.06. The summed E-state index contributed by atoms with van der Waals surface area (Å²) in [5.74, 6) is 1.25. The van der Waals surface area contributed by atoms with Crippen LogP contribution in [0, 0.1) is 5.92 Å². The molecule has 8 nitrogen and oxygen atoms in total. The fraction of sp³-hybridized carbons (Fsp3) is 0.391. The highest BCUT2D eigenvalue weighted by atomic mass is 32.2. The normalized spacial score (nSPS) is 18.2. The number of carbonyl (C=O) groups excluding carboxylic acids is 1. The molecule has 2 aliphatic rings. The van der Waals surface area contributed by atoms with Gasteiger partial charge in [-0.25, -0.2) is 0 Å². The monoisotopic (exact) mass is 456 g/mol. The molecule has 32 heavy (non-hydrogen) atoms. The number of anilines is 2. The summed E-state index contributed by atoms with van der Waals surface area (Å²) in [5, 5.41) is 3.10. The van der Waals surface area contributed by atoms with Crippen LogP contribution in [0.3, 0.4) is 0 Å². The van der Waals surface area contributed by atoms with E-state index in [0.717, 1.165) is 24.5 Å². The van der Waals surface area contributed by atoms with Gasteiger partial charge < -0.3 is 19.9 Å². The van der Waals surface area contributed by atoms with Gasteiger partial charge in [0.05, 0.1) is 12.8 Å². The molecule has 2 heterocycles. The van der Waals surface area contributed by atoms with Crippen molar-refractivity contribution in [3.8, 4) is 5.75 Å². The molecule has 0 radical (unpaired) electrons. The molecule has 4 rings (SSSR count). The number of hydrogen-bond donors (Lipinski definition) is 1. The summed E-state index contributed by atoms with van der Waals surface area (Å²) < 4.78 is 34.0. The van der Waals surface area contributed by atoms with Crippen LogP contribution < -0.4 is 15.0 Å². The predicted molar refractivity (Wildman–Crippen MR) is 125 cm³/mol.